The van der Waals surface area contributed by atoms with Crippen LogP contribution in [0.4, 0.5) is 10.5 Å². The molecule has 0 aliphatic heterocycles. The summed E-state index contributed by atoms with van der Waals surface area (Å²) in [6.07, 6.45) is 1.94. The van der Waals surface area contributed by atoms with Gasteiger partial charge in [0.2, 0.25) is 0 Å². The van der Waals surface area contributed by atoms with Gasteiger partial charge in [0, 0.05) is 0 Å². The Morgan fingerprint density at radius 2 is 1.77 bits per heavy atom. The number of urea groups is 1. The Hall–Kier alpha value is -2.49. The first-order valence-electron chi connectivity index (χ1n) is 7.42. The Balaban J connectivity index is 1.70. The maximum atomic E-state index is 12.3. The van der Waals surface area contributed by atoms with Crippen molar-refractivity contribution in [2.24, 2.45) is 0 Å². The van der Waals surface area contributed by atoms with Crippen molar-refractivity contribution in [1.29, 1.82) is 0 Å². The van der Waals surface area contributed by atoms with Crippen LogP contribution in [-0.2, 0) is 5.54 Å². The largest absolute Gasteiger partial charge is 0.495 e. The van der Waals surface area contributed by atoms with Gasteiger partial charge in [-0.3, -0.25) is 0 Å². The number of benzene rings is 2. The number of hydrogen-bond donors (Lipinski definition) is 2. The Kier molecular flexibility index (Phi) is 3.75. The van der Waals surface area contributed by atoms with E-state index >= 15 is 0 Å². The summed E-state index contributed by atoms with van der Waals surface area (Å²) in [5.74, 6) is 0.651. The van der Waals surface area contributed by atoms with Crippen LogP contribution in [0.5, 0.6) is 5.75 Å². The number of rotatable bonds is 4. The molecule has 1 saturated carbocycles. The summed E-state index contributed by atoms with van der Waals surface area (Å²) < 4.78 is 5.25. The Labute approximate surface area is 130 Å². The normalized spacial score (nSPS) is 15.0. The lowest BCUT2D eigenvalue weighted by Gasteiger charge is -2.19. The molecular weight excluding hydrogens is 276 g/mol. The summed E-state index contributed by atoms with van der Waals surface area (Å²) in [4.78, 5) is 12.3. The van der Waals surface area contributed by atoms with Gasteiger partial charge >= 0.3 is 6.03 Å². The molecule has 0 bridgehead atoms. The summed E-state index contributed by atoms with van der Waals surface area (Å²) in [5.41, 5.74) is 2.83. The van der Waals surface area contributed by atoms with E-state index in [1.807, 2.05) is 24.3 Å². The first-order chi connectivity index (χ1) is 10.6. The lowest BCUT2D eigenvalue weighted by molar-refractivity contribution is 0.247. The average Bonchev–Trinajstić information content (AvgIpc) is 3.29. The molecule has 0 spiro atoms. The number of methoxy groups -OCH3 is 1. The molecule has 2 amide bonds. The van der Waals surface area contributed by atoms with E-state index in [0.717, 1.165) is 18.4 Å². The number of hydrogen-bond acceptors (Lipinski definition) is 2. The number of amides is 2. The third-order valence-electron chi connectivity index (χ3n) is 4.06. The fourth-order valence-corrected chi connectivity index (χ4v) is 2.60. The van der Waals surface area contributed by atoms with Crippen molar-refractivity contribution < 1.29 is 9.53 Å². The maximum Gasteiger partial charge on any atom is 0.320 e. The van der Waals surface area contributed by atoms with Gasteiger partial charge in [0.25, 0.3) is 0 Å². The van der Waals surface area contributed by atoms with Crippen molar-refractivity contribution in [3.05, 3.63) is 59.7 Å². The molecule has 22 heavy (non-hydrogen) atoms. The number of ether oxygens (including phenoxy) is 1. The number of anilines is 1. The van der Waals surface area contributed by atoms with E-state index in [1.165, 1.54) is 5.56 Å². The van der Waals surface area contributed by atoms with E-state index in [-0.39, 0.29) is 11.6 Å². The molecule has 0 atom stereocenters. The molecule has 0 unspecified atom stereocenters. The number of carbonyl (C=O) groups is 1. The molecule has 0 heterocycles. The molecule has 1 aliphatic carbocycles. The maximum absolute atomic E-state index is 12.3. The average molecular weight is 296 g/mol. The van der Waals surface area contributed by atoms with Crippen molar-refractivity contribution in [1.82, 2.24) is 5.32 Å². The highest BCUT2D eigenvalue weighted by atomic mass is 16.5. The second-order valence-electron chi connectivity index (χ2n) is 5.73. The van der Waals surface area contributed by atoms with Gasteiger partial charge in [-0.25, -0.2) is 4.79 Å². The summed E-state index contributed by atoms with van der Waals surface area (Å²) in [6, 6.07) is 15.5. The van der Waals surface area contributed by atoms with Crippen LogP contribution in [0.25, 0.3) is 0 Å². The molecule has 1 fully saturated rings. The van der Waals surface area contributed by atoms with Gasteiger partial charge in [0.15, 0.2) is 0 Å². The van der Waals surface area contributed by atoms with E-state index < -0.39 is 0 Å². The summed E-state index contributed by atoms with van der Waals surface area (Å²) in [5, 5.41) is 5.96. The van der Waals surface area contributed by atoms with Crippen molar-refractivity contribution in [2.75, 3.05) is 12.4 Å². The lowest BCUT2D eigenvalue weighted by atomic mass is 10.0. The number of aryl methyl sites for hydroxylation is 1. The standard InChI is InChI=1S/C18H20N2O2/c1-13-7-9-14(10-8-13)18(11-12-18)20-17(21)19-15-5-3-4-6-16(15)22-2/h3-10H,11-12H2,1-2H3,(H2,19,20,21). The first kappa shape index (κ1) is 14.4. The minimum atomic E-state index is -0.222. The van der Waals surface area contributed by atoms with E-state index in [4.69, 9.17) is 4.74 Å². The fourth-order valence-electron chi connectivity index (χ4n) is 2.60. The predicted octanol–water partition coefficient (Wildman–Crippen LogP) is 3.81. The van der Waals surface area contributed by atoms with Crippen molar-refractivity contribution in [3.63, 3.8) is 0 Å². The molecule has 0 radical (unpaired) electrons. The molecule has 4 heteroatoms. The fraction of sp³-hybridized carbons (Fsp3) is 0.278. The van der Waals surface area contributed by atoms with Crippen LogP contribution in [0, 0.1) is 6.92 Å². The quantitative estimate of drug-likeness (QED) is 0.901. The lowest BCUT2D eigenvalue weighted by Crippen LogP contribution is -2.38. The highest BCUT2D eigenvalue weighted by Gasteiger charge is 2.45. The second-order valence-corrected chi connectivity index (χ2v) is 5.73. The van der Waals surface area contributed by atoms with E-state index in [1.54, 1.807) is 7.11 Å². The molecule has 0 aromatic heterocycles. The summed E-state index contributed by atoms with van der Waals surface area (Å²) in [6.45, 7) is 2.06. The molecular formula is C18H20N2O2. The Bertz CT molecular complexity index is 676. The van der Waals surface area contributed by atoms with Gasteiger partial charge < -0.3 is 15.4 Å². The smallest absolute Gasteiger partial charge is 0.320 e. The van der Waals surface area contributed by atoms with Gasteiger partial charge in [-0.1, -0.05) is 42.0 Å². The van der Waals surface area contributed by atoms with Crippen molar-refractivity contribution >= 4 is 11.7 Å². The third-order valence-corrected chi connectivity index (χ3v) is 4.06. The summed E-state index contributed by atoms with van der Waals surface area (Å²) >= 11 is 0. The SMILES string of the molecule is COc1ccccc1NC(=O)NC1(c2ccc(C)cc2)CC1. The Morgan fingerprint density at radius 1 is 1.09 bits per heavy atom. The molecule has 1 aliphatic rings. The molecule has 2 N–H and O–H groups in total. The van der Waals surface area contributed by atoms with Crippen molar-refractivity contribution in [3.8, 4) is 5.75 Å². The van der Waals surface area contributed by atoms with E-state index in [9.17, 15) is 4.79 Å². The second kappa shape index (κ2) is 5.72. The highest BCUT2D eigenvalue weighted by Crippen LogP contribution is 2.45. The molecule has 2 aromatic rings. The highest BCUT2D eigenvalue weighted by molar-refractivity contribution is 5.91. The zero-order valence-corrected chi connectivity index (χ0v) is 12.8. The predicted molar refractivity (Wildman–Crippen MR) is 87.2 cm³/mol. The molecule has 3 rings (SSSR count). The molecule has 0 saturated heterocycles. The molecule has 114 valence electrons. The third kappa shape index (κ3) is 2.91. The minimum absolute atomic E-state index is 0.206. The number of carbonyl (C=O) groups excluding carboxylic acids is 1. The van der Waals surface area contributed by atoms with Crippen LogP contribution in [0.3, 0.4) is 0 Å². The van der Waals surface area contributed by atoms with Crippen LogP contribution in [0.15, 0.2) is 48.5 Å². The van der Waals surface area contributed by atoms with Crippen molar-refractivity contribution in [2.45, 2.75) is 25.3 Å². The first-order valence-corrected chi connectivity index (χ1v) is 7.42. The zero-order chi connectivity index (χ0) is 15.6. The zero-order valence-electron chi connectivity index (χ0n) is 12.8. The van der Waals surface area contributed by atoms with Gasteiger partial charge in [-0.2, -0.15) is 0 Å². The topological polar surface area (TPSA) is 50.4 Å². The van der Waals surface area contributed by atoms with Gasteiger partial charge in [-0.15, -0.1) is 0 Å². The molecule has 2 aromatic carbocycles. The van der Waals surface area contributed by atoms with Crippen LogP contribution in [0.1, 0.15) is 24.0 Å². The monoisotopic (exact) mass is 296 g/mol. The summed E-state index contributed by atoms with van der Waals surface area (Å²) in [7, 11) is 1.59. The molecule has 4 nitrogen and oxygen atoms in total. The van der Waals surface area contributed by atoms with E-state index in [2.05, 4.69) is 41.8 Å². The number of nitrogens with one attached hydrogen (secondary N) is 2. The Morgan fingerprint density at radius 3 is 2.41 bits per heavy atom. The van der Waals surface area contributed by atoms with E-state index in [0.29, 0.717) is 11.4 Å². The van der Waals surface area contributed by atoms with Crippen LogP contribution >= 0.6 is 0 Å². The number of para-hydroxylation sites is 2. The minimum Gasteiger partial charge on any atom is -0.495 e. The van der Waals surface area contributed by atoms with Gasteiger partial charge in [-0.05, 0) is 37.5 Å². The van der Waals surface area contributed by atoms with Gasteiger partial charge in [0.05, 0.1) is 18.3 Å². The van der Waals surface area contributed by atoms with Crippen LogP contribution < -0.4 is 15.4 Å². The van der Waals surface area contributed by atoms with Gasteiger partial charge in [0.1, 0.15) is 5.75 Å². The van der Waals surface area contributed by atoms with Crippen LogP contribution in [0.2, 0.25) is 0 Å². The van der Waals surface area contributed by atoms with Crippen LogP contribution in [-0.4, -0.2) is 13.1 Å².